The van der Waals surface area contributed by atoms with Crippen LogP contribution in [0.2, 0.25) is 0 Å². The van der Waals surface area contributed by atoms with Crippen molar-refractivity contribution < 1.29 is 0 Å². The molecule has 3 rings (SSSR count). The lowest BCUT2D eigenvalue weighted by Gasteiger charge is -2.46. The maximum absolute atomic E-state index is 6.15. The lowest BCUT2D eigenvalue weighted by molar-refractivity contribution is 0.0417. The van der Waals surface area contributed by atoms with E-state index in [1.165, 1.54) is 16.7 Å². The summed E-state index contributed by atoms with van der Waals surface area (Å²) in [5.41, 5.74) is 9.98. The summed E-state index contributed by atoms with van der Waals surface area (Å²) in [6.45, 7) is 12.3. The molecule has 0 radical (unpaired) electrons. The van der Waals surface area contributed by atoms with Gasteiger partial charge in [0.1, 0.15) is 0 Å². The zero-order valence-corrected chi connectivity index (χ0v) is 8.50. The molecule has 3 fully saturated rings. The molecule has 0 saturated heterocycles. The number of hydrogen-bond acceptors (Lipinski definition) is 1. The van der Waals surface area contributed by atoms with Crippen LogP contribution in [0.25, 0.3) is 0 Å². The predicted molar refractivity (Wildman–Crippen MR) is 58.6 cm³/mol. The van der Waals surface area contributed by atoms with Gasteiger partial charge in [-0.2, -0.15) is 0 Å². The van der Waals surface area contributed by atoms with Crippen molar-refractivity contribution in [2.45, 2.75) is 18.9 Å². The summed E-state index contributed by atoms with van der Waals surface area (Å²) in [6.07, 6.45) is 2.25. The molecule has 3 aliphatic rings. The van der Waals surface area contributed by atoms with Gasteiger partial charge in [0.25, 0.3) is 0 Å². The SMILES string of the molecule is C=C1CC2C(C1=C)C1CC(=C)C(N)C21. The molecule has 2 N–H and O–H groups in total. The minimum Gasteiger partial charge on any atom is -0.324 e. The Morgan fingerprint density at radius 3 is 2.43 bits per heavy atom. The van der Waals surface area contributed by atoms with Gasteiger partial charge in [0, 0.05) is 6.04 Å². The first-order valence-corrected chi connectivity index (χ1v) is 5.41. The Labute approximate surface area is 85.4 Å². The van der Waals surface area contributed by atoms with E-state index < -0.39 is 0 Å². The smallest absolute Gasteiger partial charge is 0.0285 e. The first kappa shape index (κ1) is 8.49. The van der Waals surface area contributed by atoms with Crippen LogP contribution in [0.3, 0.4) is 0 Å². The third kappa shape index (κ3) is 0.755. The van der Waals surface area contributed by atoms with Gasteiger partial charge in [-0.05, 0) is 42.1 Å². The molecule has 0 aromatic rings. The average Bonchev–Trinajstić information content (AvgIpc) is 2.49. The molecule has 0 spiro atoms. The number of allylic oxidation sites excluding steroid dienone is 2. The zero-order chi connectivity index (χ0) is 10.0. The second kappa shape index (κ2) is 2.40. The predicted octanol–water partition coefficient (Wildman–Crippen LogP) is 2.27. The molecule has 0 amide bonds. The summed E-state index contributed by atoms with van der Waals surface area (Å²) in [5.74, 6) is 2.87. The van der Waals surface area contributed by atoms with Crippen molar-refractivity contribution in [3.05, 3.63) is 36.5 Å². The van der Waals surface area contributed by atoms with E-state index in [0.29, 0.717) is 11.8 Å². The van der Waals surface area contributed by atoms with Crippen LogP contribution < -0.4 is 5.73 Å². The third-order valence-corrected chi connectivity index (χ3v) is 4.63. The highest BCUT2D eigenvalue weighted by atomic mass is 14.8. The van der Waals surface area contributed by atoms with E-state index in [1.807, 2.05) is 0 Å². The van der Waals surface area contributed by atoms with Crippen molar-refractivity contribution >= 4 is 0 Å². The summed E-state index contributed by atoms with van der Waals surface area (Å²) in [4.78, 5) is 0. The second-order valence-corrected chi connectivity index (χ2v) is 5.15. The molecule has 0 heterocycles. The van der Waals surface area contributed by atoms with Crippen LogP contribution in [0, 0.1) is 23.7 Å². The summed E-state index contributed by atoms with van der Waals surface area (Å²) in [5, 5.41) is 0. The van der Waals surface area contributed by atoms with E-state index >= 15 is 0 Å². The van der Waals surface area contributed by atoms with E-state index in [9.17, 15) is 0 Å². The van der Waals surface area contributed by atoms with Crippen LogP contribution in [0.4, 0.5) is 0 Å². The molecule has 74 valence electrons. The number of hydrogen-bond donors (Lipinski definition) is 1. The normalized spacial score (nSPS) is 50.4. The standard InChI is InChI=1S/C13H17N/c1-6-4-9-11(8(6)3)10-5-7(2)13(14)12(9)10/h9-13H,1-5,14H2. The van der Waals surface area contributed by atoms with Crippen molar-refractivity contribution in [1.29, 1.82) is 0 Å². The van der Waals surface area contributed by atoms with Crippen molar-refractivity contribution in [1.82, 2.24) is 0 Å². The van der Waals surface area contributed by atoms with Gasteiger partial charge >= 0.3 is 0 Å². The van der Waals surface area contributed by atoms with Crippen LogP contribution in [-0.2, 0) is 0 Å². The molecule has 1 heteroatoms. The van der Waals surface area contributed by atoms with Gasteiger partial charge in [-0.15, -0.1) is 0 Å². The Kier molecular flexibility index (Phi) is 1.46. The minimum absolute atomic E-state index is 0.250. The molecule has 5 unspecified atom stereocenters. The Bertz CT molecular complexity index is 346. The topological polar surface area (TPSA) is 26.0 Å². The van der Waals surface area contributed by atoms with Gasteiger partial charge < -0.3 is 5.73 Å². The van der Waals surface area contributed by atoms with E-state index in [1.54, 1.807) is 0 Å². The molecular weight excluding hydrogens is 170 g/mol. The maximum Gasteiger partial charge on any atom is 0.0285 e. The first-order chi connectivity index (χ1) is 6.61. The van der Waals surface area contributed by atoms with Gasteiger partial charge in [-0.25, -0.2) is 0 Å². The van der Waals surface area contributed by atoms with Gasteiger partial charge in [0.05, 0.1) is 0 Å². The van der Waals surface area contributed by atoms with E-state index in [4.69, 9.17) is 5.73 Å². The zero-order valence-electron chi connectivity index (χ0n) is 8.50. The Hall–Kier alpha value is -0.820. The highest BCUT2D eigenvalue weighted by molar-refractivity contribution is 5.42. The minimum atomic E-state index is 0.250. The molecule has 0 bridgehead atoms. The van der Waals surface area contributed by atoms with Crippen molar-refractivity contribution in [2.75, 3.05) is 0 Å². The van der Waals surface area contributed by atoms with E-state index in [0.717, 1.165) is 24.7 Å². The van der Waals surface area contributed by atoms with Crippen LogP contribution in [-0.4, -0.2) is 6.04 Å². The molecule has 3 aliphatic carbocycles. The lowest BCUT2D eigenvalue weighted by Crippen LogP contribution is -2.47. The van der Waals surface area contributed by atoms with Crippen LogP contribution >= 0.6 is 0 Å². The van der Waals surface area contributed by atoms with E-state index in [-0.39, 0.29) is 6.04 Å². The first-order valence-electron chi connectivity index (χ1n) is 5.41. The highest BCUT2D eigenvalue weighted by Gasteiger charge is 2.60. The molecular formula is C13H17N. The molecule has 3 saturated carbocycles. The van der Waals surface area contributed by atoms with Gasteiger partial charge in [0.15, 0.2) is 0 Å². The van der Waals surface area contributed by atoms with E-state index in [2.05, 4.69) is 19.7 Å². The van der Waals surface area contributed by atoms with Crippen LogP contribution in [0.5, 0.6) is 0 Å². The largest absolute Gasteiger partial charge is 0.324 e. The van der Waals surface area contributed by atoms with Gasteiger partial charge in [-0.3, -0.25) is 0 Å². The fourth-order valence-corrected chi connectivity index (χ4v) is 3.91. The van der Waals surface area contributed by atoms with Crippen molar-refractivity contribution in [2.24, 2.45) is 29.4 Å². The molecule has 14 heavy (non-hydrogen) atoms. The van der Waals surface area contributed by atoms with Crippen molar-refractivity contribution in [3.8, 4) is 0 Å². The number of nitrogens with two attached hydrogens (primary N) is 1. The number of rotatable bonds is 0. The van der Waals surface area contributed by atoms with Gasteiger partial charge in [-0.1, -0.05) is 30.9 Å². The quantitative estimate of drug-likeness (QED) is 0.578. The summed E-state index contributed by atoms with van der Waals surface area (Å²) < 4.78 is 0. The second-order valence-electron chi connectivity index (χ2n) is 5.15. The van der Waals surface area contributed by atoms with Crippen LogP contribution in [0.15, 0.2) is 36.5 Å². The fraction of sp³-hybridized carbons (Fsp3) is 0.538. The molecule has 1 nitrogen and oxygen atoms in total. The van der Waals surface area contributed by atoms with Crippen molar-refractivity contribution in [3.63, 3.8) is 0 Å². The third-order valence-electron chi connectivity index (χ3n) is 4.63. The Morgan fingerprint density at radius 1 is 1.07 bits per heavy atom. The Morgan fingerprint density at radius 2 is 1.71 bits per heavy atom. The molecule has 0 aliphatic heterocycles. The highest BCUT2D eigenvalue weighted by Crippen LogP contribution is 2.64. The fourth-order valence-electron chi connectivity index (χ4n) is 3.91. The molecule has 0 aromatic carbocycles. The van der Waals surface area contributed by atoms with Crippen LogP contribution in [0.1, 0.15) is 12.8 Å². The lowest BCUT2D eigenvalue weighted by atomic mass is 9.58. The maximum atomic E-state index is 6.15. The summed E-state index contributed by atoms with van der Waals surface area (Å²) >= 11 is 0. The average molecular weight is 187 g/mol. The molecule has 5 atom stereocenters. The number of fused-ring (bicyclic) bond motifs is 4. The monoisotopic (exact) mass is 187 g/mol. The molecule has 0 aromatic heterocycles. The summed E-state index contributed by atoms with van der Waals surface area (Å²) in [6, 6.07) is 0.250. The summed E-state index contributed by atoms with van der Waals surface area (Å²) in [7, 11) is 0. The van der Waals surface area contributed by atoms with Gasteiger partial charge in [0.2, 0.25) is 0 Å². The Balaban J connectivity index is 1.93.